The van der Waals surface area contributed by atoms with Crippen LogP contribution in [0.3, 0.4) is 0 Å². The normalized spacial score (nSPS) is 11.3. The van der Waals surface area contributed by atoms with E-state index in [4.69, 9.17) is 0 Å². The molecule has 34 heteroatoms. The van der Waals surface area contributed by atoms with Crippen LogP contribution in [-0.2, 0) is 39.7 Å². The van der Waals surface area contributed by atoms with Crippen molar-refractivity contribution in [1.29, 1.82) is 0 Å². The van der Waals surface area contributed by atoms with E-state index in [1.807, 2.05) is 0 Å². The molecule has 8 aromatic rings. The Morgan fingerprint density at radius 2 is 1.08 bits per heavy atom. The fraction of sp³-hybridized carbons (Fsp3) is 0. The predicted octanol–water partition coefficient (Wildman–Crippen LogP) is -7.72. The van der Waals surface area contributed by atoms with Gasteiger partial charge < -0.3 is 45.5 Å². The Balaban J connectivity index is 0.00000274. The number of urea groups is 1. The second-order valence-corrected chi connectivity index (χ2v) is 18.8. The van der Waals surface area contributed by atoms with Crippen molar-refractivity contribution in [3.8, 4) is 5.69 Å². The third-order valence-corrected chi connectivity index (χ3v) is 12.5. The van der Waals surface area contributed by atoms with Crippen molar-refractivity contribution < 1.29 is 177 Å². The number of tetrazole rings is 1. The number of fused-ring (bicyclic) bond motifs is 2. The van der Waals surface area contributed by atoms with Crippen LogP contribution in [-0.4, -0.2) is 80.1 Å². The molecule has 0 unspecified atom stereocenters. The van der Waals surface area contributed by atoms with Gasteiger partial charge in [-0.3, -0.25) is 5.04 Å². The summed E-state index contributed by atoms with van der Waals surface area (Å²) < 4.78 is 114. The number of carbonyl (C=O) groups is 1. The molecule has 0 aliphatic rings. The summed E-state index contributed by atoms with van der Waals surface area (Å²) in [6.07, 6.45) is 0. The molecular formula is C37H24N12Na4O13S5. The van der Waals surface area contributed by atoms with E-state index in [0.717, 1.165) is 12.1 Å². The van der Waals surface area contributed by atoms with E-state index >= 15 is 0 Å². The number of anilines is 8. The molecule has 0 spiro atoms. The minimum absolute atomic E-state index is 0. The maximum absolute atomic E-state index is 13.1. The van der Waals surface area contributed by atoms with Crippen molar-refractivity contribution in [3.05, 3.63) is 109 Å². The number of thiol groups is 1. The second-order valence-electron chi connectivity index (χ2n) is 13.6. The summed E-state index contributed by atoms with van der Waals surface area (Å²) in [5.74, 6) is -0.480. The quantitative estimate of drug-likeness (QED) is 0.0139. The first kappa shape index (κ1) is 60.5. The molecule has 8 rings (SSSR count). The van der Waals surface area contributed by atoms with Gasteiger partial charge in [-0.2, -0.15) is 24.0 Å². The Morgan fingerprint density at radius 1 is 0.592 bits per heavy atom. The van der Waals surface area contributed by atoms with Crippen LogP contribution >= 0.6 is 24.7 Å². The van der Waals surface area contributed by atoms with Gasteiger partial charge in [-0.15, -0.1) is 17.7 Å². The van der Waals surface area contributed by atoms with Crippen LogP contribution in [0.5, 0.6) is 0 Å². The maximum Gasteiger partial charge on any atom is 1.00 e. The number of aromatic nitrogens is 7. The van der Waals surface area contributed by atoms with Gasteiger partial charge in [0.05, 0.1) is 32.4 Å². The maximum atomic E-state index is 13.1. The van der Waals surface area contributed by atoms with E-state index in [-0.39, 0.29) is 179 Å². The topological polar surface area (TPSA) is 373 Å². The Bertz CT molecular complexity index is 3630. The third kappa shape index (κ3) is 15.5. The number of hydrogen-bond donors (Lipinski definition) is 6. The van der Waals surface area contributed by atoms with Gasteiger partial charge >= 0.3 is 124 Å². The smallest absolute Gasteiger partial charge is 0.744 e. The molecule has 2 amide bonds. The largest absolute Gasteiger partial charge is 1.00 e. The molecule has 0 saturated carbocycles. The molecule has 2 aromatic heterocycles. The first-order valence-corrected chi connectivity index (χ1v) is 23.7. The van der Waals surface area contributed by atoms with E-state index < -0.39 is 51.1 Å². The average Bonchev–Trinajstić information content (AvgIpc) is 3.69. The van der Waals surface area contributed by atoms with E-state index in [0.29, 0.717) is 40.9 Å². The van der Waals surface area contributed by atoms with E-state index in [1.165, 1.54) is 47.1 Å². The van der Waals surface area contributed by atoms with Gasteiger partial charge in [-0.05, 0) is 117 Å². The molecule has 0 fully saturated rings. The second kappa shape index (κ2) is 25.4. The number of carbonyl (C=O) groups excluding carboxylic acids is 1. The SMILES string of the molecule is O=C(Nc1cccc(Nc2nc(Nc3ccc4c(S(=O)(=O)[O-])cc(SOO[O-])cc4c3)nc(Nc3ccc4c(S(=O)(=O)[O-])cc(S(=O)(=O)[O-])cc4c3)n2)c1)Nc1cccc(-n2nnnc2S)c1.[Na+].[Na+].[Na+].[Na+]. The molecular weight excluding hydrogens is 1070 g/mol. The van der Waals surface area contributed by atoms with Gasteiger partial charge in [0.1, 0.15) is 30.4 Å². The van der Waals surface area contributed by atoms with Crippen LogP contribution in [0, 0.1) is 0 Å². The number of benzene rings is 6. The van der Waals surface area contributed by atoms with Crippen LogP contribution in [0.4, 0.5) is 51.1 Å². The summed E-state index contributed by atoms with van der Waals surface area (Å²) in [5.41, 5.74) is 1.95. The summed E-state index contributed by atoms with van der Waals surface area (Å²) in [6, 6.07) is 24.2. The van der Waals surface area contributed by atoms with Crippen molar-refractivity contribution >= 4 is 129 Å². The van der Waals surface area contributed by atoms with Gasteiger partial charge in [0.15, 0.2) is 0 Å². The summed E-state index contributed by atoms with van der Waals surface area (Å²) in [5, 5.41) is 39.4. The summed E-state index contributed by atoms with van der Waals surface area (Å²) in [7, 11) is -15.5. The van der Waals surface area contributed by atoms with Gasteiger partial charge in [0.25, 0.3) is 0 Å². The van der Waals surface area contributed by atoms with Crippen molar-refractivity contribution in [1.82, 2.24) is 35.2 Å². The van der Waals surface area contributed by atoms with Crippen molar-refractivity contribution in [2.45, 2.75) is 24.7 Å². The minimum Gasteiger partial charge on any atom is -0.744 e. The molecule has 5 N–H and O–H groups in total. The molecule has 0 aliphatic heterocycles. The number of hydrogen-bond acceptors (Lipinski definition) is 24. The molecule has 0 bridgehead atoms. The molecule has 25 nitrogen and oxygen atoms in total. The Hall–Kier alpha value is -3.10. The van der Waals surface area contributed by atoms with Gasteiger partial charge in [-0.1, -0.05) is 24.3 Å². The van der Waals surface area contributed by atoms with E-state index in [1.54, 1.807) is 48.5 Å². The van der Waals surface area contributed by atoms with E-state index in [2.05, 4.69) is 79.1 Å². The standard InChI is InChI=1S/C37H28N12O13S5.4Na/c50-36(42-23-5-2-6-26(16-23)49-37(63)46-47-48-49)41-22-4-1-3-21(15-22)38-33-43-34(39-24-7-9-29-19(11-24)13-27(64-62-61-51)17-31(29)66(55,56)57)45-35(44-33)40-25-8-10-30-20(12-25)14-28(65(52,53)54)18-32(30)67(58,59)60;;;;/h1-18,51H,(H2,41,42,50)(H,46,48,63)(H,52,53,54)(H,55,56,57)(H,58,59,60)(H3,38,39,40,43,44,45);;;;/q;4*+1/p-4. The molecule has 0 radical (unpaired) electrons. The zero-order valence-corrected chi connectivity index (χ0v) is 49.1. The minimum atomic E-state index is -5.25. The zero-order chi connectivity index (χ0) is 47.7. The van der Waals surface area contributed by atoms with Crippen molar-refractivity contribution in [2.75, 3.05) is 26.6 Å². The first-order valence-electron chi connectivity index (χ1n) is 18.3. The van der Waals surface area contributed by atoms with Crippen LogP contribution in [0.1, 0.15) is 0 Å². The van der Waals surface area contributed by atoms with Crippen molar-refractivity contribution in [3.63, 3.8) is 0 Å². The summed E-state index contributed by atoms with van der Waals surface area (Å²) >= 11 is 4.57. The molecule has 0 atom stereocenters. The number of amides is 2. The first-order chi connectivity index (χ1) is 31.8. The Kier molecular flexibility index (Phi) is 21.6. The fourth-order valence-corrected chi connectivity index (χ4v) is 9.17. The molecule has 6 aromatic carbocycles. The van der Waals surface area contributed by atoms with Crippen molar-refractivity contribution in [2.24, 2.45) is 0 Å². The Labute approximate surface area is 500 Å². The predicted molar refractivity (Wildman–Crippen MR) is 235 cm³/mol. The number of nitrogens with zero attached hydrogens (tertiary/aromatic N) is 7. The zero-order valence-electron chi connectivity index (χ0n) is 36.9. The molecule has 0 aliphatic carbocycles. The van der Waals surface area contributed by atoms with Crippen LogP contribution in [0.25, 0.3) is 27.2 Å². The van der Waals surface area contributed by atoms with Crippen LogP contribution in [0.15, 0.2) is 134 Å². The summed E-state index contributed by atoms with van der Waals surface area (Å²) in [4.78, 5) is 23.8. The molecule has 344 valence electrons. The van der Waals surface area contributed by atoms with Gasteiger partial charge in [0, 0.05) is 33.3 Å². The molecule has 0 saturated heterocycles. The Morgan fingerprint density at radius 3 is 1.59 bits per heavy atom. The van der Waals surface area contributed by atoms with Gasteiger partial charge in [-0.25, -0.2) is 30.0 Å². The number of nitrogens with one attached hydrogen (secondary N) is 5. The molecule has 2 heterocycles. The van der Waals surface area contributed by atoms with Gasteiger partial charge in [0.2, 0.25) is 23.0 Å². The monoisotopic (exact) mass is 1100 g/mol. The molecule has 71 heavy (non-hydrogen) atoms. The fourth-order valence-electron chi connectivity index (χ4n) is 6.40. The van der Waals surface area contributed by atoms with Crippen LogP contribution in [0.2, 0.25) is 0 Å². The number of rotatable bonds is 15. The average molecular weight is 1100 g/mol. The summed E-state index contributed by atoms with van der Waals surface area (Å²) in [6.45, 7) is 0. The van der Waals surface area contributed by atoms with E-state index in [9.17, 15) is 49.0 Å². The third-order valence-electron chi connectivity index (χ3n) is 9.09. The van der Waals surface area contributed by atoms with Crippen LogP contribution < -0.4 is 150 Å².